The van der Waals surface area contributed by atoms with Gasteiger partial charge in [0.15, 0.2) is 0 Å². The standard InChI is InChI=1S/C10H18I3N3O4S/c1-21(18,19)8-10(17)16-4-2-15(3-5-16)6-7-20-14-9-13(11)12/h9H,2-8H2,1H3/b14-9+. The molecule has 1 rings (SSSR count). The van der Waals surface area contributed by atoms with Crippen LogP contribution in [0.4, 0.5) is 0 Å². The maximum atomic E-state index is 11.8. The predicted molar refractivity (Wildman–Crippen MR) is 109 cm³/mol. The summed E-state index contributed by atoms with van der Waals surface area (Å²) in [6, 6.07) is 0. The van der Waals surface area contributed by atoms with Crippen molar-refractivity contribution >= 4 is 69.1 Å². The van der Waals surface area contributed by atoms with Gasteiger partial charge >= 0.3 is 139 Å². The van der Waals surface area contributed by atoms with E-state index in [1.807, 2.05) is 4.22 Å². The maximum absolute atomic E-state index is 11.8. The van der Waals surface area contributed by atoms with Gasteiger partial charge in [-0.2, -0.15) is 0 Å². The van der Waals surface area contributed by atoms with Crippen LogP contribution >= 0.6 is 49.1 Å². The molecule has 1 saturated heterocycles. The van der Waals surface area contributed by atoms with E-state index in [0.29, 0.717) is 19.7 Å². The van der Waals surface area contributed by atoms with Gasteiger partial charge in [-0.1, -0.05) is 0 Å². The molecule has 0 radical (unpaired) electrons. The molecule has 1 aliphatic rings. The predicted octanol–water partition coefficient (Wildman–Crippen LogP) is 1.34. The van der Waals surface area contributed by atoms with Crippen LogP contribution in [0, 0.1) is 0 Å². The van der Waals surface area contributed by atoms with Crippen molar-refractivity contribution in [3.05, 3.63) is 0 Å². The number of sulfone groups is 1. The molecule has 0 saturated carbocycles. The molecule has 0 aromatic carbocycles. The molecule has 0 atom stereocenters. The quantitative estimate of drug-likeness (QED) is 0.179. The van der Waals surface area contributed by atoms with Gasteiger partial charge in [-0.25, -0.2) is 8.42 Å². The summed E-state index contributed by atoms with van der Waals surface area (Å²) in [5, 5.41) is 3.91. The number of nitrogens with zero attached hydrogens (tertiary/aromatic N) is 3. The molecule has 1 heterocycles. The van der Waals surface area contributed by atoms with Gasteiger partial charge in [0, 0.05) is 6.26 Å². The van der Waals surface area contributed by atoms with Crippen LogP contribution in [-0.2, 0) is 19.5 Å². The van der Waals surface area contributed by atoms with Crippen molar-refractivity contribution in [2.45, 2.75) is 0 Å². The van der Waals surface area contributed by atoms with E-state index in [0.717, 1.165) is 25.9 Å². The Morgan fingerprint density at radius 3 is 2.48 bits per heavy atom. The number of hydrogen-bond donors (Lipinski definition) is 0. The van der Waals surface area contributed by atoms with Crippen molar-refractivity contribution < 1.29 is 18.0 Å². The number of oxime groups is 1. The molecule has 1 fully saturated rings. The SMILES string of the molecule is CS(=O)(=O)CC(=O)N1CCN(CCO/N=C/I(I)I)CC1. The molecule has 1 aliphatic heterocycles. The summed E-state index contributed by atoms with van der Waals surface area (Å²) in [5.74, 6) is -0.707. The third kappa shape index (κ3) is 9.70. The van der Waals surface area contributed by atoms with Gasteiger partial charge in [0.1, 0.15) is 0 Å². The summed E-state index contributed by atoms with van der Waals surface area (Å²) in [7, 11) is -3.25. The van der Waals surface area contributed by atoms with Gasteiger partial charge in [-0.3, -0.25) is 0 Å². The molecule has 11 heteroatoms. The van der Waals surface area contributed by atoms with Crippen molar-refractivity contribution in [3.8, 4) is 0 Å². The molecule has 21 heavy (non-hydrogen) atoms. The molecule has 1 amide bonds. The van der Waals surface area contributed by atoms with E-state index in [1.54, 1.807) is 4.90 Å². The van der Waals surface area contributed by atoms with Gasteiger partial charge in [0.25, 0.3) is 0 Å². The minimum atomic E-state index is -3.25. The van der Waals surface area contributed by atoms with E-state index in [1.165, 1.54) is 0 Å². The Morgan fingerprint density at radius 2 is 1.95 bits per heavy atom. The van der Waals surface area contributed by atoms with Crippen LogP contribution in [0.15, 0.2) is 5.16 Å². The topological polar surface area (TPSA) is 79.3 Å². The first-order chi connectivity index (χ1) is 9.78. The Kier molecular flexibility index (Phi) is 9.58. The molecule has 0 aliphatic carbocycles. The summed E-state index contributed by atoms with van der Waals surface area (Å²) >= 11 is 3.74. The molecular weight excluding hydrogens is 639 g/mol. The molecule has 7 nitrogen and oxygen atoms in total. The first kappa shape index (κ1) is 20.1. The van der Waals surface area contributed by atoms with Crippen molar-refractivity contribution in [3.63, 3.8) is 0 Å². The summed E-state index contributed by atoms with van der Waals surface area (Å²) in [6.45, 7) is 3.90. The van der Waals surface area contributed by atoms with Crippen LogP contribution in [0.5, 0.6) is 0 Å². The molecule has 0 unspecified atom stereocenters. The summed E-state index contributed by atoms with van der Waals surface area (Å²) in [6.07, 6.45) is 1.08. The van der Waals surface area contributed by atoms with E-state index in [-0.39, 0.29) is 5.91 Å². The van der Waals surface area contributed by atoms with Gasteiger partial charge in [0.05, 0.1) is 0 Å². The van der Waals surface area contributed by atoms with Crippen molar-refractivity contribution in [2.75, 3.05) is 51.3 Å². The number of carbonyl (C=O) groups excluding carboxylic acids is 1. The van der Waals surface area contributed by atoms with Crippen molar-refractivity contribution in [1.82, 2.24) is 9.80 Å². The Balaban J connectivity index is 2.22. The Labute approximate surface area is 151 Å². The van der Waals surface area contributed by atoms with Crippen LogP contribution in [0.1, 0.15) is 0 Å². The fourth-order valence-corrected chi connectivity index (χ4v) is 3.93. The molecule has 0 N–H and O–H groups in total. The zero-order valence-corrected chi connectivity index (χ0v) is 18.8. The second-order valence-electron chi connectivity index (χ2n) is 4.55. The Bertz CT molecular complexity index is 464. The van der Waals surface area contributed by atoms with Crippen LogP contribution in [-0.4, -0.2) is 79.7 Å². The van der Waals surface area contributed by atoms with Crippen LogP contribution < -0.4 is 0 Å². The van der Waals surface area contributed by atoms with Crippen molar-refractivity contribution in [1.29, 1.82) is 0 Å². The van der Waals surface area contributed by atoms with E-state index in [4.69, 9.17) is 4.84 Å². The third-order valence-electron chi connectivity index (χ3n) is 2.80. The third-order valence-corrected chi connectivity index (χ3v) is 7.04. The molecule has 0 spiro atoms. The number of carbonyl (C=O) groups is 1. The average Bonchev–Trinajstić information content (AvgIpc) is 2.36. The number of hydrogen-bond acceptors (Lipinski definition) is 6. The molecular formula is C10H18I3N3O4S. The summed E-state index contributed by atoms with van der Waals surface area (Å²) in [4.78, 5) is 20.8. The van der Waals surface area contributed by atoms with Gasteiger partial charge < -0.3 is 0 Å². The number of amides is 1. The van der Waals surface area contributed by atoms with E-state index in [2.05, 4.69) is 47.3 Å². The first-order valence-corrected chi connectivity index (χ1v) is 22.0. The fourth-order valence-electron chi connectivity index (χ4n) is 1.82. The van der Waals surface area contributed by atoms with E-state index >= 15 is 0 Å². The Morgan fingerprint density at radius 1 is 1.33 bits per heavy atom. The first-order valence-electron chi connectivity index (χ1n) is 6.13. The summed E-state index contributed by atoms with van der Waals surface area (Å²) < 4.78 is 24.1. The van der Waals surface area contributed by atoms with E-state index in [9.17, 15) is 13.2 Å². The van der Waals surface area contributed by atoms with E-state index < -0.39 is 27.5 Å². The normalized spacial score (nSPS) is 18.0. The molecule has 0 aromatic heterocycles. The number of halogens is 3. The van der Waals surface area contributed by atoms with Gasteiger partial charge in [-0.05, 0) is 0 Å². The summed E-state index contributed by atoms with van der Waals surface area (Å²) in [5.41, 5.74) is 0. The monoisotopic (exact) mass is 657 g/mol. The number of rotatable bonds is 7. The average molecular weight is 657 g/mol. The molecule has 0 aromatic rings. The second kappa shape index (κ2) is 10.0. The minimum absolute atomic E-state index is 0.307. The van der Waals surface area contributed by atoms with Gasteiger partial charge in [-0.15, -0.1) is 0 Å². The number of piperazine rings is 1. The second-order valence-corrected chi connectivity index (χ2v) is 30.7. The van der Waals surface area contributed by atoms with Gasteiger partial charge in [0.2, 0.25) is 0 Å². The molecule has 124 valence electrons. The van der Waals surface area contributed by atoms with Crippen molar-refractivity contribution in [2.24, 2.45) is 5.16 Å². The zero-order chi connectivity index (χ0) is 15.9. The molecule has 0 bridgehead atoms. The Hall–Kier alpha value is 1.04. The van der Waals surface area contributed by atoms with Crippen LogP contribution in [0.2, 0.25) is 0 Å². The van der Waals surface area contributed by atoms with Crippen LogP contribution in [0.25, 0.3) is 0 Å². The zero-order valence-electron chi connectivity index (χ0n) is 11.5. The fraction of sp³-hybridized carbons (Fsp3) is 0.800. The van der Waals surface area contributed by atoms with Crippen LogP contribution in [0.3, 0.4) is 0 Å².